The highest BCUT2D eigenvalue weighted by Crippen LogP contribution is 2.18. The molecule has 1 fully saturated rings. The lowest BCUT2D eigenvalue weighted by atomic mass is 10.1. The Bertz CT molecular complexity index is 293. The molecule has 0 spiro atoms. The Hall–Kier alpha value is -0.130. The Morgan fingerprint density at radius 3 is 2.27 bits per heavy atom. The summed E-state index contributed by atoms with van der Waals surface area (Å²) in [4.78, 5) is 0. The number of rotatable bonds is 5. The smallest absolute Gasteiger partial charge is 0.209 e. The van der Waals surface area contributed by atoms with Crippen LogP contribution in [0.4, 0.5) is 0 Å². The lowest BCUT2D eigenvalue weighted by molar-refractivity contribution is 0.389. The zero-order chi connectivity index (χ0) is 11.5. The molecule has 2 N–H and O–H groups in total. The highest BCUT2D eigenvalue weighted by Gasteiger charge is 2.24. The third-order valence-corrected chi connectivity index (χ3v) is 3.57. The minimum Gasteiger partial charge on any atom is -0.312 e. The van der Waals surface area contributed by atoms with Crippen molar-refractivity contribution in [2.45, 2.75) is 51.1 Å². The molecule has 15 heavy (non-hydrogen) atoms. The summed E-state index contributed by atoms with van der Waals surface area (Å²) in [6, 6.07) is 0.575. The van der Waals surface area contributed by atoms with Crippen molar-refractivity contribution in [2.75, 3.05) is 12.8 Å². The maximum Gasteiger partial charge on any atom is 0.209 e. The van der Waals surface area contributed by atoms with Crippen LogP contribution < -0.4 is 10.0 Å². The lowest BCUT2D eigenvalue weighted by Gasteiger charge is -2.27. The number of sulfonamides is 1. The normalized spacial score (nSPS) is 19.7. The minimum absolute atomic E-state index is 0.407. The molecule has 0 amide bonds. The van der Waals surface area contributed by atoms with Crippen LogP contribution in [0.25, 0.3) is 0 Å². The van der Waals surface area contributed by atoms with Crippen molar-refractivity contribution in [3.05, 3.63) is 0 Å². The van der Waals surface area contributed by atoms with Crippen molar-refractivity contribution >= 4 is 10.0 Å². The topological polar surface area (TPSA) is 58.2 Å². The largest absolute Gasteiger partial charge is 0.312 e. The van der Waals surface area contributed by atoms with Crippen LogP contribution in [0.3, 0.4) is 0 Å². The molecule has 0 aromatic rings. The number of hydrogen-bond acceptors (Lipinski definition) is 3. The van der Waals surface area contributed by atoms with Gasteiger partial charge < -0.3 is 5.32 Å². The summed E-state index contributed by atoms with van der Waals surface area (Å²) in [5.74, 6) is 0. The molecule has 0 saturated heterocycles. The van der Waals surface area contributed by atoms with Crippen LogP contribution >= 0.6 is 0 Å². The summed E-state index contributed by atoms with van der Waals surface area (Å²) >= 11 is 0. The maximum atomic E-state index is 11.1. The van der Waals surface area contributed by atoms with Crippen LogP contribution in [0, 0.1) is 0 Å². The van der Waals surface area contributed by atoms with Crippen molar-refractivity contribution in [1.82, 2.24) is 10.0 Å². The first-order valence-electron chi connectivity index (χ1n) is 5.51. The fourth-order valence-corrected chi connectivity index (χ4v) is 3.14. The molecule has 0 aromatic heterocycles. The van der Waals surface area contributed by atoms with Gasteiger partial charge in [-0.25, -0.2) is 13.1 Å². The average Bonchev–Trinajstić information content (AvgIpc) is 2.47. The second-order valence-corrected chi connectivity index (χ2v) is 6.87. The van der Waals surface area contributed by atoms with E-state index in [9.17, 15) is 8.42 Å². The molecule has 0 radical (unpaired) electrons. The Kier molecular flexibility index (Phi) is 4.14. The second kappa shape index (κ2) is 4.80. The first-order valence-corrected chi connectivity index (χ1v) is 7.40. The van der Waals surface area contributed by atoms with Gasteiger partial charge in [0.25, 0.3) is 0 Å². The van der Waals surface area contributed by atoms with E-state index in [4.69, 9.17) is 0 Å². The molecule has 0 bridgehead atoms. The first-order chi connectivity index (χ1) is 6.79. The molecule has 1 rings (SSSR count). The Balaban J connectivity index is 2.35. The molecule has 0 heterocycles. The van der Waals surface area contributed by atoms with E-state index in [1.54, 1.807) is 0 Å². The second-order valence-electron chi connectivity index (χ2n) is 5.12. The number of nitrogens with one attached hydrogen (secondary N) is 2. The Morgan fingerprint density at radius 2 is 1.80 bits per heavy atom. The van der Waals surface area contributed by atoms with E-state index < -0.39 is 15.6 Å². The van der Waals surface area contributed by atoms with Gasteiger partial charge in [0.2, 0.25) is 10.0 Å². The Labute approximate surface area is 92.9 Å². The molecule has 1 saturated carbocycles. The van der Waals surface area contributed by atoms with E-state index in [2.05, 4.69) is 10.0 Å². The fourth-order valence-electron chi connectivity index (χ4n) is 2.07. The molecule has 1 aliphatic carbocycles. The monoisotopic (exact) mass is 234 g/mol. The van der Waals surface area contributed by atoms with Crippen LogP contribution in [-0.2, 0) is 10.0 Å². The van der Waals surface area contributed by atoms with Crippen LogP contribution in [-0.4, -0.2) is 32.8 Å². The molecule has 4 nitrogen and oxygen atoms in total. The third-order valence-electron chi connectivity index (χ3n) is 2.65. The summed E-state index contributed by atoms with van der Waals surface area (Å²) in [5, 5.41) is 3.42. The zero-order valence-corrected chi connectivity index (χ0v) is 10.7. The van der Waals surface area contributed by atoms with E-state index in [0.29, 0.717) is 12.6 Å². The van der Waals surface area contributed by atoms with E-state index >= 15 is 0 Å². The number of hydrogen-bond donors (Lipinski definition) is 2. The molecule has 0 atom stereocenters. The van der Waals surface area contributed by atoms with Gasteiger partial charge in [0.1, 0.15) is 0 Å². The molecule has 90 valence electrons. The van der Waals surface area contributed by atoms with Crippen LogP contribution in [0.2, 0.25) is 0 Å². The van der Waals surface area contributed by atoms with Gasteiger partial charge in [0.15, 0.2) is 0 Å². The van der Waals surface area contributed by atoms with Gasteiger partial charge in [-0.2, -0.15) is 0 Å². The van der Waals surface area contributed by atoms with Crippen molar-refractivity contribution in [2.24, 2.45) is 0 Å². The van der Waals surface area contributed by atoms with Gasteiger partial charge >= 0.3 is 0 Å². The molecule has 0 aromatic carbocycles. The van der Waals surface area contributed by atoms with Crippen LogP contribution in [0.5, 0.6) is 0 Å². The molecule has 0 unspecified atom stereocenters. The van der Waals surface area contributed by atoms with Crippen molar-refractivity contribution in [1.29, 1.82) is 0 Å². The first kappa shape index (κ1) is 12.9. The quantitative estimate of drug-likeness (QED) is 0.741. The molecule has 5 heteroatoms. The van der Waals surface area contributed by atoms with E-state index in [-0.39, 0.29) is 0 Å². The average molecular weight is 234 g/mol. The Morgan fingerprint density at radius 1 is 1.27 bits per heavy atom. The third kappa shape index (κ3) is 5.49. The summed E-state index contributed by atoms with van der Waals surface area (Å²) < 4.78 is 24.8. The van der Waals surface area contributed by atoms with E-state index in [1.165, 1.54) is 31.9 Å². The van der Waals surface area contributed by atoms with Gasteiger partial charge in [-0.1, -0.05) is 12.8 Å². The SMILES string of the molecule is CC(C)(CNC1CCCC1)NS(C)(=O)=O. The summed E-state index contributed by atoms with van der Waals surface area (Å²) in [5.41, 5.74) is -0.407. The predicted octanol–water partition coefficient (Wildman–Crippen LogP) is 0.846. The van der Waals surface area contributed by atoms with Crippen molar-refractivity contribution in [3.8, 4) is 0 Å². The van der Waals surface area contributed by atoms with Crippen molar-refractivity contribution < 1.29 is 8.42 Å². The fraction of sp³-hybridized carbons (Fsp3) is 1.00. The zero-order valence-electron chi connectivity index (χ0n) is 9.84. The van der Waals surface area contributed by atoms with Gasteiger partial charge in [0.05, 0.1) is 6.26 Å². The standard InChI is InChI=1S/C10H22N2O2S/c1-10(2,12-15(3,13)14)8-11-9-6-4-5-7-9/h9,11-12H,4-8H2,1-3H3. The van der Waals surface area contributed by atoms with E-state index in [0.717, 1.165) is 0 Å². The highest BCUT2D eigenvalue weighted by atomic mass is 32.2. The minimum atomic E-state index is -3.12. The summed E-state index contributed by atoms with van der Waals surface area (Å²) in [6.45, 7) is 4.48. The molecule has 0 aliphatic heterocycles. The lowest BCUT2D eigenvalue weighted by Crippen LogP contribution is -2.51. The van der Waals surface area contributed by atoms with Gasteiger partial charge in [-0.05, 0) is 26.7 Å². The van der Waals surface area contributed by atoms with Gasteiger partial charge in [-0.3, -0.25) is 0 Å². The summed E-state index contributed by atoms with van der Waals surface area (Å²) in [6.07, 6.45) is 6.21. The van der Waals surface area contributed by atoms with Crippen LogP contribution in [0.15, 0.2) is 0 Å². The molecular weight excluding hydrogens is 212 g/mol. The molecule has 1 aliphatic rings. The predicted molar refractivity (Wildman–Crippen MR) is 62.3 cm³/mol. The highest BCUT2D eigenvalue weighted by molar-refractivity contribution is 7.88. The van der Waals surface area contributed by atoms with Gasteiger partial charge in [-0.15, -0.1) is 0 Å². The van der Waals surface area contributed by atoms with Crippen molar-refractivity contribution in [3.63, 3.8) is 0 Å². The summed E-state index contributed by atoms with van der Waals surface area (Å²) in [7, 11) is -3.12. The van der Waals surface area contributed by atoms with E-state index in [1.807, 2.05) is 13.8 Å². The maximum absolute atomic E-state index is 11.1. The molecular formula is C10H22N2O2S. The van der Waals surface area contributed by atoms with Gasteiger partial charge in [0, 0.05) is 18.1 Å². The van der Waals surface area contributed by atoms with Crippen LogP contribution in [0.1, 0.15) is 39.5 Å².